The van der Waals surface area contributed by atoms with E-state index in [0.717, 1.165) is 17.5 Å². The zero-order valence-electron chi connectivity index (χ0n) is 29.7. The molecule has 49 heavy (non-hydrogen) atoms. The summed E-state index contributed by atoms with van der Waals surface area (Å²) in [6.07, 6.45) is 8.26. The molecule has 0 aliphatic heterocycles. The van der Waals surface area contributed by atoms with Gasteiger partial charge in [0.1, 0.15) is 11.8 Å². The Morgan fingerprint density at radius 1 is 1.00 bits per heavy atom. The minimum absolute atomic E-state index is 0.0789. The average molecular weight is 698 g/mol. The summed E-state index contributed by atoms with van der Waals surface area (Å²) >= 11 is 6.32. The van der Waals surface area contributed by atoms with Crippen molar-refractivity contribution in [1.82, 2.24) is 10.6 Å². The lowest BCUT2D eigenvalue weighted by Crippen LogP contribution is -2.51. The molecule has 0 radical (unpaired) electrons. The van der Waals surface area contributed by atoms with Crippen molar-refractivity contribution in [3.05, 3.63) is 82.4 Å². The summed E-state index contributed by atoms with van der Waals surface area (Å²) in [5.74, 6) is -1.40. The van der Waals surface area contributed by atoms with Gasteiger partial charge < -0.3 is 30.6 Å². The average Bonchev–Trinajstić information content (AvgIpc) is 3.07. The molecule has 2 rings (SSSR count). The monoisotopic (exact) mass is 697 g/mol. The van der Waals surface area contributed by atoms with Gasteiger partial charge in [-0.3, -0.25) is 14.4 Å². The summed E-state index contributed by atoms with van der Waals surface area (Å²) < 4.78 is 15.5. The molecule has 11 heteroatoms. The molecule has 2 amide bonds. The first-order valence-electron chi connectivity index (χ1n) is 16.5. The lowest BCUT2D eigenvalue weighted by Gasteiger charge is -2.27. The minimum Gasteiger partial charge on any atom is -0.495 e. The predicted octanol–water partition coefficient (Wildman–Crippen LogP) is 5.79. The fourth-order valence-corrected chi connectivity index (χ4v) is 5.01. The highest BCUT2D eigenvalue weighted by atomic mass is 35.5. The number of allylic oxidation sites excluding steroid dienone is 2. The van der Waals surface area contributed by atoms with Crippen LogP contribution in [0.25, 0.3) is 6.08 Å². The number of carbonyl (C=O) groups excluding carboxylic acids is 4. The number of methoxy groups -OCH3 is 2. The normalized spacial score (nSPS) is 13.6. The molecule has 3 unspecified atom stereocenters. The lowest BCUT2D eigenvalue weighted by molar-refractivity contribution is -0.173. The SMILES string of the molecule is COC(=O)C(CC(C)C)OC(=O)C(C)(C)CNC(=O)C(Cc1ccc(OC)c(Cl)c1)NC(=O)/C=C/CCC(C)/C=C/c1ccc(CN)cc1. The Kier molecular flexibility index (Phi) is 17.1. The van der Waals surface area contributed by atoms with Gasteiger partial charge in [-0.1, -0.05) is 80.9 Å². The van der Waals surface area contributed by atoms with E-state index in [9.17, 15) is 19.2 Å². The molecule has 10 nitrogen and oxygen atoms in total. The molecule has 0 aromatic heterocycles. The largest absolute Gasteiger partial charge is 0.495 e. The number of halogens is 1. The molecule has 268 valence electrons. The summed E-state index contributed by atoms with van der Waals surface area (Å²) in [7, 11) is 2.74. The third-order valence-electron chi connectivity index (χ3n) is 7.84. The van der Waals surface area contributed by atoms with E-state index in [1.54, 1.807) is 38.1 Å². The fourth-order valence-electron chi connectivity index (χ4n) is 4.73. The molecule has 0 aliphatic carbocycles. The summed E-state index contributed by atoms with van der Waals surface area (Å²) in [6, 6.07) is 12.2. The molecule has 0 spiro atoms. The maximum atomic E-state index is 13.5. The number of amides is 2. The molecule has 0 saturated carbocycles. The van der Waals surface area contributed by atoms with Crippen LogP contribution in [0.2, 0.25) is 5.02 Å². The van der Waals surface area contributed by atoms with Crippen molar-refractivity contribution in [2.75, 3.05) is 20.8 Å². The van der Waals surface area contributed by atoms with E-state index in [0.29, 0.717) is 35.7 Å². The van der Waals surface area contributed by atoms with E-state index in [1.807, 2.05) is 38.1 Å². The van der Waals surface area contributed by atoms with Crippen molar-refractivity contribution < 1.29 is 33.4 Å². The summed E-state index contributed by atoms with van der Waals surface area (Å²) in [5, 5.41) is 5.93. The first-order valence-corrected chi connectivity index (χ1v) is 16.9. The van der Waals surface area contributed by atoms with Crippen molar-refractivity contribution in [3.63, 3.8) is 0 Å². The van der Waals surface area contributed by atoms with Gasteiger partial charge in [-0.15, -0.1) is 0 Å². The zero-order valence-corrected chi connectivity index (χ0v) is 30.5. The van der Waals surface area contributed by atoms with Crippen LogP contribution in [0, 0.1) is 17.3 Å². The third-order valence-corrected chi connectivity index (χ3v) is 8.13. The smallest absolute Gasteiger partial charge is 0.347 e. The van der Waals surface area contributed by atoms with Crippen molar-refractivity contribution in [1.29, 1.82) is 0 Å². The molecule has 2 aromatic rings. The summed E-state index contributed by atoms with van der Waals surface area (Å²) in [5.41, 5.74) is 7.36. The van der Waals surface area contributed by atoms with Crippen LogP contribution in [-0.2, 0) is 41.6 Å². The van der Waals surface area contributed by atoms with Crippen molar-refractivity contribution >= 4 is 41.4 Å². The maximum absolute atomic E-state index is 13.5. The van der Waals surface area contributed by atoms with Gasteiger partial charge in [0.25, 0.3) is 0 Å². The van der Waals surface area contributed by atoms with E-state index >= 15 is 0 Å². The van der Waals surface area contributed by atoms with E-state index in [4.69, 9.17) is 31.5 Å². The standard InChI is InChI=1S/C38H52ClN3O7/c1-25(2)20-33(36(45)48-7)49-37(46)38(4,5)24-41-35(44)31(22-29-18-19-32(47-6)30(39)21-29)42-34(43)11-9-8-10-26(3)12-13-27-14-16-28(23-40)17-15-27/h9,11-19,21,25-26,31,33H,8,10,20,22-24,40H2,1-7H3,(H,41,44)(H,42,43)/b11-9+,13-12+. The van der Waals surface area contributed by atoms with Gasteiger partial charge in [0.2, 0.25) is 11.8 Å². The van der Waals surface area contributed by atoms with Crippen LogP contribution in [0.1, 0.15) is 70.6 Å². The molecule has 2 aromatic carbocycles. The molecule has 0 saturated heterocycles. The van der Waals surface area contributed by atoms with Gasteiger partial charge in [-0.25, -0.2) is 4.79 Å². The number of hydrogen-bond donors (Lipinski definition) is 3. The molecule has 0 bridgehead atoms. The molecule has 0 heterocycles. The van der Waals surface area contributed by atoms with Crippen molar-refractivity contribution in [2.24, 2.45) is 23.0 Å². The number of rotatable bonds is 19. The van der Waals surface area contributed by atoms with Crippen LogP contribution in [0.15, 0.2) is 60.7 Å². The number of esters is 2. The van der Waals surface area contributed by atoms with E-state index < -0.39 is 41.3 Å². The number of nitrogens with two attached hydrogens (primary N) is 1. The van der Waals surface area contributed by atoms with Crippen LogP contribution >= 0.6 is 11.6 Å². The number of carbonyl (C=O) groups is 4. The first kappa shape index (κ1) is 41.0. The Hall–Kier alpha value is -4.15. The topological polar surface area (TPSA) is 146 Å². The van der Waals surface area contributed by atoms with Gasteiger partial charge >= 0.3 is 11.9 Å². The van der Waals surface area contributed by atoms with Crippen molar-refractivity contribution in [2.45, 2.75) is 79.0 Å². The number of benzene rings is 2. The Morgan fingerprint density at radius 3 is 2.27 bits per heavy atom. The van der Waals surface area contributed by atoms with Crippen molar-refractivity contribution in [3.8, 4) is 5.75 Å². The second-order valence-electron chi connectivity index (χ2n) is 13.1. The van der Waals surface area contributed by atoms with Crippen LogP contribution < -0.4 is 21.1 Å². The fraction of sp³-hybridized carbons (Fsp3) is 0.474. The van der Waals surface area contributed by atoms with Crippen LogP contribution in [0.4, 0.5) is 0 Å². The van der Waals surface area contributed by atoms with Crippen LogP contribution in [0.3, 0.4) is 0 Å². The van der Waals surface area contributed by atoms with E-state index in [2.05, 4.69) is 29.7 Å². The van der Waals surface area contributed by atoms with Gasteiger partial charge in [0.05, 0.1) is 24.7 Å². The molecule has 0 fully saturated rings. The van der Waals surface area contributed by atoms with Gasteiger partial charge in [-0.05, 0) is 79.8 Å². The van der Waals surface area contributed by atoms with Crippen LogP contribution in [-0.4, -0.2) is 56.7 Å². The highest BCUT2D eigenvalue weighted by Crippen LogP contribution is 2.26. The Morgan fingerprint density at radius 2 is 1.67 bits per heavy atom. The van der Waals surface area contributed by atoms with E-state index in [1.165, 1.54) is 20.3 Å². The van der Waals surface area contributed by atoms with Gasteiger partial charge in [0.15, 0.2) is 6.10 Å². The first-order chi connectivity index (χ1) is 23.2. The van der Waals surface area contributed by atoms with Crippen LogP contribution in [0.5, 0.6) is 5.75 Å². The Labute approximate surface area is 295 Å². The molecular weight excluding hydrogens is 646 g/mol. The summed E-state index contributed by atoms with van der Waals surface area (Å²) in [4.78, 5) is 51.7. The van der Waals surface area contributed by atoms with Gasteiger partial charge in [-0.2, -0.15) is 0 Å². The minimum atomic E-state index is -1.18. The molecule has 3 atom stereocenters. The quantitative estimate of drug-likeness (QED) is 0.124. The second-order valence-corrected chi connectivity index (χ2v) is 13.6. The Bertz CT molecular complexity index is 1450. The second kappa shape index (κ2) is 20.4. The third kappa shape index (κ3) is 14.5. The van der Waals surface area contributed by atoms with Gasteiger partial charge in [0, 0.05) is 19.5 Å². The number of ether oxygens (including phenoxy) is 3. The molecule has 0 aliphatic rings. The zero-order chi connectivity index (χ0) is 36.6. The Balaban J connectivity index is 2.07. The lowest BCUT2D eigenvalue weighted by atomic mass is 9.93. The van der Waals surface area contributed by atoms with E-state index in [-0.39, 0.29) is 24.8 Å². The number of hydrogen-bond acceptors (Lipinski definition) is 8. The predicted molar refractivity (Wildman–Crippen MR) is 193 cm³/mol. The highest BCUT2D eigenvalue weighted by Gasteiger charge is 2.35. The highest BCUT2D eigenvalue weighted by molar-refractivity contribution is 6.32. The molecular formula is C38H52ClN3O7. The maximum Gasteiger partial charge on any atom is 0.347 e. The number of nitrogens with one attached hydrogen (secondary N) is 2. The molecule has 4 N–H and O–H groups in total. The summed E-state index contributed by atoms with van der Waals surface area (Å²) in [6.45, 7) is 9.52.